The van der Waals surface area contributed by atoms with Crippen molar-refractivity contribution in [2.75, 3.05) is 47.5 Å². The van der Waals surface area contributed by atoms with Crippen molar-refractivity contribution in [2.45, 2.75) is 6.54 Å². The Morgan fingerprint density at radius 1 is 1.20 bits per heavy atom. The summed E-state index contributed by atoms with van der Waals surface area (Å²) in [6, 6.07) is 3.57. The molecule has 0 aliphatic heterocycles. The minimum Gasteiger partial charge on any atom is -0.490 e. The summed E-state index contributed by atoms with van der Waals surface area (Å²) in [5.74, 6) is 0.697. The lowest BCUT2D eigenvalue weighted by atomic mass is 10.2. The van der Waals surface area contributed by atoms with E-state index in [4.69, 9.17) is 32.7 Å². The predicted molar refractivity (Wildman–Crippen MR) is 84.1 cm³/mol. The molecule has 1 rings (SSSR count). The van der Waals surface area contributed by atoms with Crippen LogP contribution in [0.4, 0.5) is 0 Å². The molecule has 0 saturated carbocycles. The Morgan fingerprint density at radius 2 is 1.95 bits per heavy atom. The van der Waals surface area contributed by atoms with Crippen molar-refractivity contribution in [3.63, 3.8) is 0 Å². The molecule has 0 aliphatic carbocycles. The first-order valence-corrected chi connectivity index (χ1v) is 7.25. The lowest BCUT2D eigenvalue weighted by molar-refractivity contribution is 0.199. The fraction of sp³-hybridized carbons (Fsp3) is 0.571. The summed E-state index contributed by atoms with van der Waals surface area (Å²) >= 11 is 12.3. The largest absolute Gasteiger partial charge is 0.490 e. The average molecular weight is 321 g/mol. The molecular formula is C14H22Cl2N2O2. The highest BCUT2D eigenvalue weighted by atomic mass is 35.5. The molecule has 0 saturated heterocycles. The van der Waals surface area contributed by atoms with Gasteiger partial charge in [-0.2, -0.15) is 0 Å². The smallest absolute Gasteiger partial charge is 0.142 e. The molecule has 114 valence electrons. The molecule has 0 fully saturated rings. The normalized spacial score (nSPS) is 11.1. The zero-order valence-electron chi connectivity index (χ0n) is 12.2. The monoisotopic (exact) mass is 320 g/mol. The van der Waals surface area contributed by atoms with Crippen LogP contribution in [0.1, 0.15) is 5.56 Å². The van der Waals surface area contributed by atoms with Gasteiger partial charge in [0.05, 0.1) is 11.6 Å². The Kier molecular flexibility index (Phi) is 8.26. The third-order valence-corrected chi connectivity index (χ3v) is 3.17. The topological polar surface area (TPSA) is 33.7 Å². The van der Waals surface area contributed by atoms with E-state index in [-0.39, 0.29) is 0 Å². The maximum absolute atomic E-state index is 6.21. The van der Waals surface area contributed by atoms with Gasteiger partial charge in [-0.3, -0.25) is 0 Å². The molecule has 0 unspecified atom stereocenters. The zero-order chi connectivity index (χ0) is 15.0. The summed E-state index contributed by atoms with van der Waals surface area (Å²) in [6.45, 7) is 3.47. The lowest BCUT2D eigenvalue weighted by Crippen LogP contribution is -2.21. The molecule has 0 atom stereocenters. The van der Waals surface area contributed by atoms with Crippen LogP contribution in [-0.4, -0.2) is 52.4 Å². The first-order valence-electron chi connectivity index (χ1n) is 6.49. The van der Waals surface area contributed by atoms with Gasteiger partial charge in [-0.05, 0) is 26.2 Å². The van der Waals surface area contributed by atoms with E-state index in [1.54, 1.807) is 13.2 Å². The van der Waals surface area contributed by atoms with Crippen molar-refractivity contribution in [1.29, 1.82) is 0 Å². The number of hydrogen-bond donors (Lipinski definition) is 1. The Balaban J connectivity index is 2.68. The summed E-state index contributed by atoms with van der Waals surface area (Å²) in [7, 11) is 5.67. The molecule has 0 spiro atoms. The summed E-state index contributed by atoms with van der Waals surface area (Å²) < 4.78 is 10.8. The van der Waals surface area contributed by atoms with E-state index < -0.39 is 0 Å². The van der Waals surface area contributed by atoms with Crippen LogP contribution in [0.15, 0.2) is 12.1 Å². The Hall–Kier alpha value is -0.520. The number of nitrogens with zero attached hydrogens (tertiary/aromatic N) is 1. The van der Waals surface area contributed by atoms with Gasteiger partial charge in [-0.15, -0.1) is 0 Å². The van der Waals surface area contributed by atoms with E-state index in [2.05, 4.69) is 10.2 Å². The molecule has 1 aromatic rings. The van der Waals surface area contributed by atoms with Crippen molar-refractivity contribution in [1.82, 2.24) is 10.2 Å². The van der Waals surface area contributed by atoms with Crippen LogP contribution in [0.25, 0.3) is 0 Å². The average Bonchev–Trinajstić information content (AvgIpc) is 2.37. The molecule has 0 radical (unpaired) electrons. The number of nitrogens with one attached hydrogen (secondary N) is 1. The SMILES string of the molecule is COCCNCc1cc(Cl)cc(Cl)c1OCCN(C)C. The number of rotatable bonds is 9. The Labute approximate surface area is 130 Å². The Bertz CT molecular complexity index is 414. The van der Waals surface area contributed by atoms with Crippen LogP contribution in [-0.2, 0) is 11.3 Å². The zero-order valence-corrected chi connectivity index (χ0v) is 13.7. The van der Waals surface area contributed by atoms with Gasteiger partial charge in [0.1, 0.15) is 12.4 Å². The van der Waals surface area contributed by atoms with Gasteiger partial charge in [0.2, 0.25) is 0 Å². The van der Waals surface area contributed by atoms with Crippen LogP contribution in [0.2, 0.25) is 10.0 Å². The second-order valence-electron chi connectivity index (χ2n) is 4.70. The number of ether oxygens (including phenoxy) is 2. The molecule has 0 heterocycles. The Morgan fingerprint density at radius 3 is 2.60 bits per heavy atom. The molecule has 6 heteroatoms. The van der Waals surface area contributed by atoms with Crippen LogP contribution in [0.5, 0.6) is 5.75 Å². The fourth-order valence-corrected chi connectivity index (χ4v) is 2.22. The highest BCUT2D eigenvalue weighted by molar-refractivity contribution is 6.35. The van der Waals surface area contributed by atoms with Crippen molar-refractivity contribution in [3.8, 4) is 5.75 Å². The predicted octanol–water partition coefficient (Wildman–Crippen LogP) is 2.67. The van der Waals surface area contributed by atoms with E-state index >= 15 is 0 Å². The minimum absolute atomic E-state index is 0.541. The first-order chi connectivity index (χ1) is 9.54. The summed E-state index contributed by atoms with van der Waals surface area (Å²) in [6.07, 6.45) is 0. The van der Waals surface area contributed by atoms with Crippen LogP contribution in [0, 0.1) is 0 Å². The standard InChI is InChI=1S/C14H22Cl2N2O2/c1-18(2)5-7-20-14-11(10-17-4-6-19-3)8-12(15)9-13(14)16/h8-9,17H,4-7,10H2,1-3H3. The summed E-state index contributed by atoms with van der Waals surface area (Å²) in [5.41, 5.74) is 0.956. The third kappa shape index (κ3) is 6.29. The fourth-order valence-electron chi connectivity index (χ4n) is 1.63. The highest BCUT2D eigenvalue weighted by Crippen LogP contribution is 2.32. The van der Waals surface area contributed by atoms with Crippen molar-refractivity contribution in [3.05, 3.63) is 27.7 Å². The van der Waals surface area contributed by atoms with Crippen LogP contribution < -0.4 is 10.1 Å². The number of hydrogen-bond acceptors (Lipinski definition) is 4. The number of benzene rings is 1. The molecule has 20 heavy (non-hydrogen) atoms. The van der Waals surface area contributed by atoms with Gasteiger partial charge >= 0.3 is 0 Å². The van der Waals surface area contributed by atoms with Gasteiger partial charge in [0.15, 0.2) is 0 Å². The number of likely N-dealkylation sites (N-methyl/N-ethyl adjacent to an activating group) is 1. The van der Waals surface area contributed by atoms with E-state index in [9.17, 15) is 0 Å². The molecule has 1 N–H and O–H groups in total. The van der Waals surface area contributed by atoms with Crippen molar-refractivity contribution >= 4 is 23.2 Å². The lowest BCUT2D eigenvalue weighted by Gasteiger charge is -2.16. The molecule has 4 nitrogen and oxygen atoms in total. The molecular weight excluding hydrogens is 299 g/mol. The third-order valence-electron chi connectivity index (χ3n) is 2.67. The van der Waals surface area contributed by atoms with E-state index in [0.717, 1.165) is 18.7 Å². The second kappa shape index (κ2) is 9.42. The minimum atomic E-state index is 0.541. The summed E-state index contributed by atoms with van der Waals surface area (Å²) in [4.78, 5) is 2.06. The van der Waals surface area contributed by atoms with Gasteiger partial charge in [0, 0.05) is 37.3 Å². The summed E-state index contributed by atoms with van der Waals surface area (Å²) in [5, 5.41) is 4.42. The maximum atomic E-state index is 6.21. The van der Waals surface area contributed by atoms with Crippen LogP contribution in [0.3, 0.4) is 0 Å². The molecule has 0 bridgehead atoms. The van der Waals surface area contributed by atoms with E-state index in [1.807, 2.05) is 20.2 Å². The quantitative estimate of drug-likeness (QED) is 0.709. The van der Waals surface area contributed by atoms with Crippen molar-refractivity contribution in [2.24, 2.45) is 0 Å². The van der Waals surface area contributed by atoms with Gasteiger partial charge in [-0.1, -0.05) is 23.2 Å². The molecule has 0 aliphatic rings. The van der Waals surface area contributed by atoms with Gasteiger partial charge in [-0.25, -0.2) is 0 Å². The molecule has 1 aromatic carbocycles. The van der Waals surface area contributed by atoms with E-state index in [0.29, 0.717) is 35.6 Å². The maximum Gasteiger partial charge on any atom is 0.142 e. The molecule has 0 aromatic heterocycles. The first kappa shape index (κ1) is 17.5. The van der Waals surface area contributed by atoms with Gasteiger partial charge in [0.25, 0.3) is 0 Å². The van der Waals surface area contributed by atoms with Crippen molar-refractivity contribution < 1.29 is 9.47 Å². The van der Waals surface area contributed by atoms with E-state index in [1.165, 1.54) is 0 Å². The highest BCUT2D eigenvalue weighted by Gasteiger charge is 2.10. The van der Waals surface area contributed by atoms with Gasteiger partial charge < -0.3 is 19.7 Å². The van der Waals surface area contributed by atoms with Crippen LogP contribution >= 0.6 is 23.2 Å². The number of methoxy groups -OCH3 is 1. The molecule has 0 amide bonds. The number of halogens is 2. The second-order valence-corrected chi connectivity index (χ2v) is 5.54.